The van der Waals surface area contributed by atoms with Gasteiger partial charge in [-0.2, -0.15) is 10.4 Å². The first-order valence-corrected chi connectivity index (χ1v) is 9.62. The topological polar surface area (TPSA) is 116 Å². The summed E-state index contributed by atoms with van der Waals surface area (Å²) in [6.45, 7) is 3.47. The van der Waals surface area contributed by atoms with Gasteiger partial charge in [-0.3, -0.25) is 14.4 Å². The van der Waals surface area contributed by atoms with Crippen LogP contribution in [0.25, 0.3) is 0 Å². The number of rotatable bonds is 6. The highest BCUT2D eigenvalue weighted by Crippen LogP contribution is 2.16. The molecule has 1 aliphatic rings. The molecule has 8 nitrogen and oxygen atoms in total. The molecule has 1 aromatic heterocycles. The zero-order valence-corrected chi connectivity index (χ0v) is 16.9. The van der Waals surface area contributed by atoms with Crippen LogP contribution in [0.3, 0.4) is 0 Å². The number of aromatic amines is 1. The summed E-state index contributed by atoms with van der Waals surface area (Å²) in [6, 6.07) is 11.5. The lowest BCUT2D eigenvalue weighted by Crippen LogP contribution is -2.28. The van der Waals surface area contributed by atoms with E-state index in [0.717, 1.165) is 16.8 Å². The van der Waals surface area contributed by atoms with Gasteiger partial charge in [-0.15, -0.1) is 0 Å². The van der Waals surface area contributed by atoms with Gasteiger partial charge in [-0.1, -0.05) is 30.3 Å². The van der Waals surface area contributed by atoms with Gasteiger partial charge in [0.05, 0.1) is 12.3 Å². The number of aromatic nitrogens is 1. The second-order valence-electron chi connectivity index (χ2n) is 7.01. The fraction of sp³-hybridized carbons (Fsp3) is 0.318. The molecule has 1 aromatic carbocycles. The Balaban J connectivity index is 1.53. The smallest absolute Gasteiger partial charge is 0.306 e. The predicted octanol–water partition coefficient (Wildman–Crippen LogP) is 1.98. The number of pyridine rings is 1. The van der Waals surface area contributed by atoms with Gasteiger partial charge in [0, 0.05) is 18.5 Å². The number of nitriles is 1. The number of hydrogen-bond donors (Lipinski definition) is 1. The van der Waals surface area contributed by atoms with Crippen molar-refractivity contribution in [3.63, 3.8) is 0 Å². The lowest BCUT2D eigenvalue weighted by Gasteiger charge is -2.12. The number of hydrazone groups is 1. The molecule has 0 saturated carbocycles. The summed E-state index contributed by atoms with van der Waals surface area (Å²) < 4.78 is 5.10. The van der Waals surface area contributed by atoms with Gasteiger partial charge in [0.25, 0.3) is 11.5 Å². The summed E-state index contributed by atoms with van der Waals surface area (Å²) >= 11 is 0. The van der Waals surface area contributed by atoms with Crippen LogP contribution in [0.15, 0.2) is 40.2 Å². The van der Waals surface area contributed by atoms with Crippen LogP contribution in [0.4, 0.5) is 0 Å². The van der Waals surface area contributed by atoms with Crippen molar-refractivity contribution in [1.82, 2.24) is 9.99 Å². The monoisotopic (exact) mass is 406 g/mol. The zero-order valence-electron chi connectivity index (χ0n) is 16.9. The predicted molar refractivity (Wildman–Crippen MR) is 110 cm³/mol. The molecule has 8 heteroatoms. The first-order valence-electron chi connectivity index (χ1n) is 9.62. The highest BCUT2D eigenvalue weighted by molar-refractivity contribution is 6.02. The quantitative estimate of drug-likeness (QED) is 0.737. The third kappa shape index (κ3) is 4.63. The van der Waals surface area contributed by atoms with Crippen molar-refractivity contribution >= 4 is 17.6 Å². The number of carbonyl (C=O) groups excluding carboxylic acids is 2. The lowest BCUT2D eigenvalue weighted by molar-refractivity contribution is -0.151. The van der Waals surface area contributed by atoms with E-state index < -0.39 is 11.5 Å². The normalized spacial score (nSPS) is 13.0. The molecular formula is C22H22N4O4. The molecule has 30 heavy (non-hydrogen) atoms. The fourth-order valence-electron chi connectivity index (χ4n) is 3.41. The Kier molecular flexibility index (Phi) is 6.42. The third-order valence-corrected chi connectivity index (χ3v) is 5.05. The zero-order chi connectivity index (χ0) is 21.7. The van der Waals surface area contributed by atoms with E-state index in [0.29, 0.717) is 30.6 Å². The van der Waals surface area contributed by atoms with Crippen LogP contribution in [0.5, 0.6) is 0 Å². The van der Waals surface area contributed by atoms with E-state index in [-0.39, 0.29) is 24.5 Å². The molecule has 154 valence electrons. The van der Waals surface area contributed by atoms with Crippen molar-refractivity contribution < 1.29 is 14.3 Å². The largest absolute Gasteiger partial charge is 0.455 e. The molecule has 0 unspecified atom stereocenters. The molecule has 0 spiro atoms. The fourth-order valence-corrected chi connectivity index (χ4v) is 3.41. The number of ether oxygens (including phenoxy) is 1. The Morgan fingerprint density at radius 3 is 2.70 bits per heavy atom. The second-order valence-corrected chi connectivity index (χ2v) is 7.01. The average Bonchev–Trinajstić information content (AvgIpc) is 3.23. The van der Waals surface area contributed by atoms with E-state index in [1.807, 2.05) is 36.4 Å². The van der Waals surface area contributed by atoms with E-state index in [9.17, 15) is 14.4 Å². The van der Waals surface area contributed by atoms with Crippen LogP contribution in [0.1, 0.15) is 40.8 Å². The summed E-state index contributed by atoms with van der Waals surface area (Å²) in [5.74, 6) is -0.907. The minimum absolute atomic E-state index is 0.0321. The van der Waals surface area contributed by atoms with E-state index >= 15 is 0 Å². The molecule has 3 rings (SSSR count). The summed E-state index contributed by atoms with van der Waals surface area (Å²) in [7, 11) is 0. The average molecular weight is 406 g/mol. The van der Waals surface area contributed by atoms with Crippen molar-refractivity contribution in [3.8, 4) is 6.07 Å². The van der Waals surface area contributed by atoms with Gasteiger partial charge in [0.1, 0.15) is 11.6 Å². The molecule has 1 aliphatic heterocycles. The number of H-pyrrole nitrogens is 1. The summed E-state index contributed by atoms with van der Waals surface area (Å²) in [6.07, 6.45) is 0.982. The highest BCUT2D eigenvalue weighted by Gasteiger charge is 2.22. The van der Waals surface area contributed by atoms with Crippen LogP contribution >= 0.6 is 0 Å². The maximum absolute atomic E-state index is 12.3. The first-order chi connectivity index (χ1) is 14.4. The Morgan fingerprint density at radius 1 is 1.27 bits per heavy atom. The van der Waals surface area contributed by atoms with Crippen molar-refractivity contribution in [3.05, 3.63) is 68.6 Å². The number of carbonyl (C=O) groups is 2. The molecule has 1 amide bonds. The molecule has 0 aliphatic carbocycles. The highest BCUT2D eigenvalue weighted by atomic mass is 16.5. The standard InChI is InChI=1S/C22H22N4O4/c1-14-17(15(2)24-22(29)18(14)12-23)8-9-21(28)30-13-20(27)26-11-10-19(25-26)16-6-4-3-5-7-16/h3-7H,8-11,13H2,1-2H3,(H,24,29). The van der Waals surface area contributed by atoms with Crippen LogP contribution < -0.4 is 5.56 Å². The minimum atomic E-state index is -0.529. The molecule has 2 aromatic rings. The lowest BCUT2D eigenvalue weighted by atomic mass is 9.99. The van der Waals surface area contributed by atoms with Gasteiger partial charge in [0.2, 0.25) is 0 Å². The van der Waals surface area contributed by atoms with Gasteiger partial charge >= 0.3 is 5.97 Å². The Bertz CT molecular complexity index is 1100. The van der Waals surface area contributed by atoms with Crippen molar-refractivity contribution in [2.24, 2.45) is 5.10 Å². The summed E-state index contributed by atoms with van der Waals surface area (Å²) in [5.41, 5.74) is 3.29. The van der Waals surface area contributed by atoms with Gasteiger partial charge in [0.15, 0.2) is 6.61 Å². The van der Waals surface area contributed by atoms with Crippen LogP contribution in [-0.4, -0.2) is 40.7 Å². The van der Waals surface area contributed by atoms with Crippen LogP contribution in [0.2, 0.25) is 0 Å². The maximum atomic E-state index is 12.3. The van der Waals surface area contributed by atoms with E-state index in [2.05, 4.69) is 10.1 Å². The molecule has 0 fully saturated rings. The molecular weight excluding hydrogens is 384 g/mol. The third-order valence-electron chi connectivity index (χ3n) is 5.05. The van der Waals surface area contributed by atoms with Gasteiger partial charge in [-0.05, 0) is 37.0 Å². The van der Waals surface area contributed by atoms with E-state index in [1.54, 1.807) is 13.8 Å². The van der Waals surface area contributed by atoms with Gasteiger partial charge in [-0.25, -0.2) is 5.01 Å². The first kappa shape index (κ1) is 21.0. The SMILES string of the molecule is Cc1[nH]c(=O)c(C#N)c(C)c1CCC(=O)OCC(=O)N1CCC(c2ccccc2)=N1. The molecule has 1 N–H and O–H groups in total. The Morgan fingerprint density at radius 2 is 2.00 bits per heavy atom. The van der Waals surface area contributed by atoms with Crippen LogP contribution in [0, 0.1) is 25.2 Å². The number of nitrogens with zero attached hydrogens (tertiary/aromatic N) is 3. The number of nitrogens with one attached hydrogen (secondary N) is 1. The second kappa shape index (κ2) is 9.18. The summed E-state index contributed by atoms with van der Waals surface area (Å²) in [5, 5.41) is 14.8. The van der Waals surface area contributed by atoms with Crippen LogP contribution in [-0.2, 0) is 20.7 Å². The minimum Gasteiger partial charge on any atom is -0.455 e. The Labute approximate surface area is 173 Å². The molecule has 2 heterocycles. The number of benzene rings is 1. The number of esters is 1. The maximum Gasteiger partial charge on any atom is 0.306 e. The molecule has 0 bridgehead atoms. The number of hydrogen-bond acceptors (Lipinski definition) is 6. The molecule has 0 saturated heterocycles. The Hall–Kier alpha value is -3.73. The van der Waals surface area contributed by atoms with Gasteiger partial charge < -0.3 is 9.72 Å². The van der Waals surface area contributed by atoms with Crippen molar-refractivity contribution in [2.45, 2.75) is 33.1 Å². The van der Waals surface area contributed by atoms with E-state index in [1.165, 1.54) is 5.01 Å². The van der Waals surface area contributed by atoms with Crippen molar-refractivity contribution in [1.29, 1.82) is 5.26 Å². The van der Waals surface area contributed by atoms with E-state index in [4.69, 9.17) is 10.00 Å². The van der Waals surface area contributed by atoms with Crippen molar-refractivity contribution in [2.75, 3.05) is 13.2 Å². The summed E-state index contributed by atoms with van der Waals surface area (Å²) in [4.78, 5) is 38.8. The molecule has 0 radical (unpaired) electrons. The number of aryl methyl sites for hydroxylation is 1. The number of amides is 1. The molecule has 0 atom stereocenters.